The van der Waals surface area contributed by atoms with Crippen LogP contribution in [0, 0.1) is 16.0 Å². The van der Waals surface area contributed by atoms with Crippen LogP contribution < -0.4 is 16.0 Å². The van der Waals surface area contributed by atoms with Crippen LogP contribution in [-0.2, 0) is 0 Å². The van der Waals surface area contributed by atoms with Gasteiger partial charge in [0.25, 0.3) is 5.88 Å². The molecule has 0 bridgehead atoms. The zero-order valence-corrected chi connectivity index (χ0v) is 10.0. The molecule has 0 aliphatic heterocycles. The van der Waals surface area contributed by atoms with Gasteiger partial charge in [0, 0.05) is 6.07 Å². The smallest absolute Gasteiger partial charge is 0.331 e. The van der Waals surface area contributed by atoms with Gasteiger partial charge in [-0.3, -0.25) is 10.1 Å². The third-order valence-corrected chi connectivity index (χ3v) is 2.42. The van der Waals surface area contributed by atoms with Gasteiger partial charge >= 0.3 is 5.69 Å². The van der Waals surface area contributed by atoms with Crippen molar-refractivity contribution in [1.29, 1.82) is 0 Å². The predicted octanol–water partition coefficient (Wildman–Crippen LogP) is 1.70. The molecule has 3 N–H and O–H groups in total. The second kappa shape index (κ2) is 5.44. The molecule has 0 radical (unpaired) electrons. The van der Waals surface area contributed by atoms with E-state index in [2.05, 4.69) is 10.4 Å². The molecule has 1 rings (SSSR count). The van der Waals surface area contributed by atoms with E-state index in [0.29, 0.717) is 5.82 Å². The standard InChI is InChI=1S/C10H16N4O3/c1-6(2)7(3)17-10-8(14(15)16)4-5-9(12-10)13-11/h4-7H,11H2,1-3H3,(H,12,13). The highest BCUT2D eigenvalue weighted by Crippen LogP contribution is 2.27. The first kappa shape index (κ1) is 13.2. The van der Waals surface area contributed by atoms with Gasteiger partial charge in [-0.25, -0.2) is 5.84 Å². The van der Waals surface area contributed by atoms with Crippen molar-refractivity contribution in [2.24, 2.45) is 11.8 Å². The first-order valence-corrected chi connectivity index (χ1v) is 5.24. The van der Waals surface area contributed by atoms with E-state index in [1.54, 1.807) is 0 Å². The number of hydrogen-bond acceptors (Lipinski definition) is 6. The van der Waals surface area contributed by atoms with Crippen LogP contribution in [0.25, 0.3) is 0 Å². The number of nitrogens with one attached hydrogen (secondary N) is 1. The molecule has 1 aromatic rings. The van der Waals surface area contributed by atoms with E-state index in [1.165, 1.54) is 12.1 Å². The molecule has 0 fully saturated rings. The molecule has 0 aliphatic carbocycles. The fourth-order valence-corrected chi connectivity index (χ4v) is 1.05. The van der Waals surface area contributed by atoms with Crippen molar-refractivity contribution in [2.75, 3.05) is 5.43 Å². The summed E-state index contributed by atoms with van der Waals surface area (Å²) in [4.78, 5) is 14.2. The first-order chi connectivity index (χ1) is 7.95. The average Bonchev–Trinajstić information content (AvgIpc) is 2.28. The van der Waals surface area contributed by atoms with Gasteiger partial charge in [0.15, 0.2) is 0 Å². The summed E-state index contributed by atoms with van der Waals surface area (Å²) in [6, 6.07) is 2.73. The number of nitrogen functional groups attached to an aromatic ring is 1. The third kappa shape index (κ3) is 3.28. The van der Waals surface area contributed by atoms with E-state index in [9.17, 15) is 10.1 Å². The molecule has 1 heterocycles. The molecule has 0 spiro atoms. The van der Waals surface area contributed by atoms with E-state index in [-0.39, 0.29) is 23.6 Å². The number of nitro groups is 1. The molecule has 1 aromatic heterocycles. The Hall–Kier alpha value is -1.89. The Balaban J connectivity index is 3.05. The van der Waals surface area contributed by atoms with Crippen molar-refractivity contribution < 1.29 is 9.66 Å². The Morgan fingerprint density at radius 1 is 1.47 bits per heavy atom. The van der Waals surface area contributed by atoms with Crippen LogP contribution in [0.2, 0.25) is 0 Å². The minimum atomic E-state index is -0.532. The van der Waals surface area contributed by atoms with E-state index in [1.807, 2.05) is 20.8 Å². The van der Waals surface area contributed by atoms with Crippen LogP contribution in [0.3, 0.4) is 0 Å². The lowest BCUT2D eigenvalue weighted by Crippen LogP contribution is -2.20. The van der Waals surface area contributed by atoms with Crippen molar-refractivity contribution in [1.82, 2.24) is 4.98 Å². The highest BCUT2D eigenvalue weighted by Gasteiger charge is 2.20. The molecule has 7 nitrogen and oxygen atoms in total. The molecule has 0 saturated carbocycles. The maximum Gasteiger partial charge on any atom is 0.331 e. The van der Waals surface area contributed by atoms with Crippen LogP contribution in [0.5, 0.6) is 5.88 Å². The van der Waals surface area contributed by atoms with Crippen molar-refractivity contribution in [2.45, 2.75) is 26.9 Å². The summed E-state index contributed by atoms with van der Waals surface area (Å²) in [6.45, 7) is 5.75. The summed E-state index contributed by atoms with van der Waals surface area (Å²) in [5, 5.41) is 10.8. The minimum Gasteiger partial charge on any atom is -0.469 e. The monoisotopic (exact) mass is 240 g/mol. The Kier molecular flexibility index (Phi) is 4.22. The van der Waals surface area contributed by atoms with Gasteiger partial charge in [0.05, 0.1) is 4.92 Å². The van der Waals surface area contributed by atoms with Gasteiger partial charge in [-0.2, -0.15) is 4.98 Å². The molecular weight excluding hydrogens is 224 g/mol. The molecular formula is C10H16N4O3. The molecule has 1 atom stereocenters. The van der Waals surface area contributed by atoms with Crippen molar-refractivity contribution in [3.05, 3.63) is 22.2 Å². The van der Waals surface area contributed by atoms with Crippen LogP contribution in [0.1, 0.15) is 20.8 Å². The third-order valence-electron chi connectivity index (χ3n) is 2.42. The maximum absolute atomic E-state index is 10.8. The summed E-state index contributed by atoms with van der Waals surface area (Å²) in [5.41, 5.74) is 2.15. The van der Waals surface area contributed by atoms with Gasteiger partial charge in [0.2, 0.25) is 0 Å². The van der Waals surface area contributed by atoms with E-state index >= 15 is 0 Å². The Morgan fingerprint density at radius 3 is 2.59 bits per heavy atom. The van der Waals surface area contributed by atoms with Crippen molar-refractivity contribution >= 4 is 11.5 Å². The number of nitrogens with two attached hydrogens (primary N) is 1. The molecule has 0 aliphatic rings. The highest BCUT2D eigenvalue weighted by molar-refractivity contribution is 5.48. The molecule has 0 amide bonds. The van der Waals surface area contributed by atoms with Crippen molar-refractivity contribution in [3.63, 3.8) is 0 Å². The number of rotatable bonds is 5. The topological polar surface area (TPSA) is 103 Å². The van der Waals surface area contributed by atoms with Crippen LogP contribution >= 0.6 is 0 Å². The van der Waals surface area contributed by atoms with Crippen LogP contribution in [0.15, 0.2) is 12.1 Å². The zero-order chi connectivity index (χ0) is 13.0. The molecule has 0 saturated heterocycles. The molecule has 17 heavy (non-hydrogen) atoms. The fourth-order valence-electron chi connectivity index (χ4n) is 1.05. The van der Waals surface area contributed by atoms with Crippen LogP contribution in [0.4, 0.5) is 11.5 Å². The normalized spacial score (nSPS) is 12.3. The van der Waals surface area contributed by atoms with Gasteiger partial charge in [0.1, 0.15) is 11.9 Å². The second-order valence-corrected chi connectivity index (χ2v) is 3.99. The minimum absolute atomic E-state index is 0.0216. The van der Waals surface area contributed by atoms with Gasteiger partial charge in [-0.15, -0.1) is 0 Å². The summed E-state index contributed by atoms with van der Waals surface area (Å²) < 4.78 is 5.46. The lowest BCUT2D eigenvalue weighted by Gasteiger charge is -2.17. The molecule has 0 aromatic carbocycles. The van der Waals surface area contributed by atoms with Crippen LogP contribution in [-0.4, -0.2) is 16.0 Å². The first-order valence-electron chi connectivity index (χ1n) is 5.24. The molecule has 94 valence electrons. The highest BCUT2D eigenvalue weighted by atomic mass is 16.6. The van der Waals surface area contributed by atoms with E-state index < -0.39 is 4.92 Å². The number of pyridine rings is 1. The number of ether oxygens (including phenoxy) is 1. The number of hydrogen-bond donors (Lipinski definition) is 2. The predicted molar refractivity (Wildman–Crippen MR) is 63.6 cm³/mol. The lowest BCUT2D eigenvalue weighted by molar-refractivity contribution is -0.386. The van der Waals surface area contributed by atoms with Crippen molar-refractivity contribution in [3.8, 4) is 5.88 Å². The zero-order valence-electron chi connectivity index (χ0n) is 10.0. The SMILES string of the molecule is CC(C)C(C)Oc1nc(NN)ccc1[N+](=O)[O-]. The summed E-state index contributed by atoms with van der Waals surface area (Å²) >= 11 is 0. The summed E-state index contributed by atoms with van der Waals surface area (Å²) in [7, 11) is 0. The number of hydrazine groups is 1. The Bertz CT molecular complexity index is 409. The summed E-state index contributed by atoms with van der Waals surface area (Å²) in [6.07, 6.45) is -0.172. The van der Waals surface area contributed by atoms with E-state index in [4.69, 9.17) is 10.6 Å². The lowest BCUT2D eigenvalue weighted by atomic mass is 10.1. The second-order valence-electron chi connectivity index (χ2n) is 3.99. The fraction of sp³-hybridized carbons (Fsp3) is 0.500. The largest absolute Gasteiger partial charge is 0.469 e. The Morgan fingerprint density at radius 2 is 2.12 bits per heavy atom. The molecule has 1 unspecified atom stereocenters. The summed E-state index contributed by atoms with van der Waals surface area (Å²) in [5.74, 6) is 5.72. The maximum atomic E-state index is 10.8. The molecule has 7 heteroatoms. The van der Waals surface area contributed by atoms with Gasteiger partial charge in [-0.05, 0) is 18.9 Å². The quantitative estimate of drug-likeness (QED) is 0.461. The average molecular weight is 240 g/mol. The number of anilines is 1. The van der Waals surface area contributed by atoms with Gasteiger partial charge < -0.3 is 10.2 Å². The Labute approximate surface area is 99.1 Å². The number of aromatic nitrogens is 1. The van der Waals surface area contributed by atoms with Gasteiger partial charge in [-0.1, -0.05) is 13.8 Å². The van der Waals surface area contributed by atoms with E-state index in [0.717, 1.165) is 0 Å². The number of nitrogens with zero attached hydrogens (tertiary/aromatic N) is 2.